The van der Waals surface area contributed by atoms with Gasteiger partial charge in [-0.3, -0.25) is 0 Å². The van der Waals surface area contributed by atoms with Gasteiger partial charge in [-0.05, 0) is 38.0 Å². The molecule has 100 valence electrons. The first-order chi connectivity index (χ1) is 8.58. The fourth-order valence-electron chi connectivity index (χ4n) is 1.65. The zero-order chi connectivity index (χ0) is 13.5. The Bertz CT molecular complexity index is 404. The summed E-state index contributed by atoms with van der Waals surface area (Å²) in [5, 5.41) is 0. The Labute approximate surface area is 108 Å². The first-order valence-electron chi connectivity index (χ1n) is 6.27. The van der Waals surface area contributed by atoms with Crippen LogP contribution in [0.25, 0.3) is 0 Å². The van der Waals surface area contributed by atoms with Crippen LogP contribution in [-0.2, 0) is 9.53 Å². The number of carbonyl (C=O) groups is 1. The van der Waals surface area contributed by atoms with Crippen molar-refractivity contribution < 1.29 is 14.3 Å². The summed E-state index contributed by atoms with van der Waals surface area (Å²) < 4.78 is 10.6. The molecule has 1 aromatic carbocycles. The minimum atomic E-state index is -0.583. The molecule has 0 spiro atoms. The highest BCUT2D eigenvalue weighted by molar-refractivity contribution is 5.75. The number of hydrogen-bond acceptors (Lipinski definition) is 4. The van der Waals surface area contributed by atoms with Crippen molar-refractivity contribution in [3.63, 3.8) is 0 Å². The summed E-state index contributed by atoms with van der Waals surface area (Å²) in [6, 6.07) is 5.51. The second-order valence-corrected chi connectivity index (χ2v) is 4.19. The van der Waals surface area contributed by atoms with E-state index >= 15 is 0 Å². The number of carbonyl (C=O) groups excluding carboxylic acids is 1. The van der Waals surface area contributed by atoms with Crippen molar-refractivity contribution in [2.24, 2.45) is 0 Å². The van der Waals surface area contributed by atoms with E-state index in [1.165, 1.54) is 0 Å². The quantitative estimate of drug-likeness (QED) is 0.623. The molecule has 2 N–H and O–H groups in total. The molecule has 0 saturated carbocycles. The van der Waals surface area contributed by atoms with Crippen LogP contribution < -0.4 is 10.5 Å². The molecule has 1 aromatic rings. The molecule has 1 atom stereocenters. The highest BCUT2D eigenvalue weighted by atomic mass is 16.6. The first kappa shape index (κ1) is 14.4. The third-order valence-corrected chi connectivity index (χ3v) is 2.53. The first-order valence-corrected chi connectivity index (χ1v) is 6.27. The Balaban J connectivity index is 2.79. The van der Waals surface area contributed by atoms with E-state index in [0.717, 1.165) is 12.0 Å². The van der Waals surface area contributed by atoms with Gasteiger partial charge in [0.15, 0.2) is 6.10 Å². The van der Waals surface area contributed by atoms with Crippen molar-refractivity contribution >= 4 is 11.7 Å². The third kappa shape index (κ3) is 3.95. The molecule has 0 aliphatic heterocycles. The number of anilines is 1. The Morgan fingerprint density at radius 2 is 2.11 bits per heavy atom. The fourth-order valence-corrected chi connectivity index (χ4v) is 1.65. The Morgan fingerprint density at radius 1 is 1.39 bits per heavy atom. The van der Waals surface area contributed by atoms with Crippen molar-refractivity contribution in [2.45, 2.75) is 39.7 Å². The molecule has 1 rings (SSSR count). The van der Waals surface area contributed by atoms with Gasteiger partial charge in [0, 0.05) is 0 Å². The van der Waals surface area contributed by atoms with E-state index in [1.807, 2.05) is 26.0 Å². The van der Waals surface area contributed by atoms with Crippen molar-refractivity contribution in [1.29, 1.82) is 0 Å². The van der Waals surface area contributed by atoms with Crippen LogP contribution in [0, 0.1) is 6.92 Å². The van der Waals surface area contributed by atoms with Crippen LogP contribution in [0.15, 0.2) is 18.2 Å². The van der Waals surface area contributed by atoms with Crippen molar-refractivity contribution in [2.75, 3.05) is 12.3 Å². The van der Waals surface area contributed by atoms with E-state index in [9.17, 15) is 4.79 Å². The lowest BCUT2D eigenvalue weighted by Gasteiger charge is -2.18. The zero-order valence-electron chi connectivity index (χ0n) is 11.2. The molecule has 0 bridgehead atoms. The highest BCUT2D eigenvalue weighted by Gasteiger charge is 2.21. The van der Waals surface area contributed by atoms with Crippen LogP contribution in [0.1, 0.15) is 32.3 Å². The topological polar surface area (TPSA) is 61.5 Å². The summed E-state index contributed by atoms with van der Waals surface area (Å²) in [5.74, 6) is 0.200. The number of hydrogen-bond donors (Lipinski definition) is 1. The molecule has 4 heteroatoms. The van der Waals surface area contributed by atoms with E-state index < -0.39 is 6.10 Å². The van der Waals surface area contributed by atoms with Crippen molar-refractivity contribution in [3.05, 3.63) is 23.8 Å². The highest BCUT2D eigenvalue weighted by Crippen LogP contribution is 2.24. The molecule has 18 heavy (non-hydrogen) atoms. The van der Waals surface area contributed by atoms with E-state index in [-0.39, 0.29) is 5.97 Å². The van der Waals surface area contributed by atoms with E-state index in [1.54, 1.807) is 13.0 Å². The van der Waals surface area contributed by atoms with Gasteiger partial charge in [0.2, 0.25) is 0 Å². The lowest BCUT2D eigenvalue weighted by Crippen LogP contribution is -2.29. The Hall–Kier alpha value is -1.71. The van der Waals surface area contributed by atoms with Gasteiger partial charge in [-0.15, -0.1) is 0 Å². The van der Waals surface area contributed by atoms with Gasteiger partial charge in [0.25, 0.3) is 0 Å². The van der Waals surface area contributed by atoms with Gasteiger partial charge in [-0.1, -0.05) is 19.4 Å². The molecule has 0 aliphatic carbocycles. The smallest absolute Gasteiger partial charge is 0.347 e. The molecule has 0 amide bonds. The number of nitrogens with two attached hydrogens (primary N) is 1. The second kappa shape index (κ2) is 6.89. The molecular weight excluding hydrogens is 230 g/mol. The number of ether oxygens (including phenoxy) is 2. The van der Waals surface area contributed by atoms with Gasteiger partial charge in [-0.2, -0.15) is 0 Å². The largest absolute Gasteiger partial charge is 0.477 e. The van der Waals surface area contributed by atoms with E-state index in [2.05, 4.69) is 0 Å². The second-order valence-electron chi connectivity index (χ2n) is 4.19. The summed E-state index contributed by atoms with van der Waals surface area (Å²) in [6.07, 6.45) is 0.876. The van der Waals surface area contributed by atoms with Crippen LogP contribution in [0.2, 0.25) is 0 Å². The summed E-state index contributed by atoms with van der Waals surface area (Å²) in [7, 11) is 0. The minimum Gasteiger partial charge on any atom is -0.477 e. The zero-order valence-corrected chi connectivity index (χ0v) is 11.2. The standard InChI is InChI=1S/C14H21NO3/c1-4-6-13(14(16)17-5-2)18-12-8-7-10(3)9-11(12)15/h7-9,13H,4-6,15H2,1-3H3. The average Bonchev–Trinajstić information content (AvgIpc) is 2.32. The third-order valence-electron chi connectivity index (χ3n) is 2.53. The van der Waals surface area contributed by atoms with E-state index in [4.69, 9.17) is 15.2 Å². The van der Waals surface area contributed by atoms with Crippen molar-refractivity contribution in [1.82, 2.24) is 0 Å². The molecule has 0 heterocycles. The fraction of sp³-hybridized carbons (Fsp3) is 0.500. The predicted octanol–water partition coefficient (Wildman–Crippen LogP) is 2.69. The summed E-state index contributed by atoms with van der Waals surface area (Å²) in [5.41, 5.74) is 7.46. The Morgan fingerprint density at radius 3 is 2.67 bits per heavy atom. The molecule has 0 aromatic heterocycles. The normalized spacial score (nSPS) is 11.9. The SMILES string of the molecule is CCCC(Oc1ccc(C)cc1N)C(=O)OCC. The van der Waals surface area contributed by atoms with Crippen LogP contribution in [0.3, 0.4) is 0 Å². The van der Waals surface area contributed by atoms with Crippen LogP contribution in [-0.4, -0.2) is 18.7 Å². The predicted molar refractivity (Wildman–Crippen MR) is 71.5 cm³/mol. The Kier molecular flexibility index (Phi) is 5.49. The van der Waals surface area contributed by atoms with Crippen molar-refractivity contribution in [3.8, 4) is 5.75 Å². The summed E-state index contributed by atoms with van der Waals surface area (Å²) >= 11 is 0. The molecule has 0 saturated heterocycles. The number of nitrogen functional groups attached to an aromatic ring is 1. The summed E-state index contributed by atoms with van der Waals surface area (Å²) in [4.78, 5) is 11.7. The molecule has 1 unspecified atom stereocenters. The lowest BCUT2D eigenvalue weighted by molar-refractivity contribution is -0.151. The maximum absolute atomic E-state index is 11.7. The molecule has 0 aliphatic rings. The summed E-state index contributed by atoms with van der Waals surface area (Å²) in [6.45, 7) is 6.08. The maximum Gasteiger partial charge on any atom is 0.347 e. The molecule has 0 radical (unpaired) electrons. The van der Waals surface area contributed by atoms with Gasteiger partial charge < -0.3 is 15.2 Å². The average molecular weight is 251 g/mol. The van der Waals surface area contributed by atoms with Crippen LogP contribution in [0.4, 0.5) is 5.69 Å². The van der Waals surface area contributed by atoms with Crippen LogP contribution >= 0.6 is 0 Å². The molecule has 0 fully saturated rings. The van der Waals surface area contributed by atoms with Gasteiger partial charge in [0.1, 0.15) is 5.75 Å². The minimum absolute atomic E-state index is 0.334. The van der Waals surface area contributed by atoms with E-state index in [0.29, 0.717) is 24.5 Å². The molecule has 4 nitrogen and oxygen atoms in total. The number of esters is 1. The van der Waals surface area contributed by atoms with Gasteiger partial charge in [0.05, 0.1) is 12.3 Å². The van der Waals surface area contributed by atoms with Crippen LogP contribution in [0.5, 0.6) is 5.75 Å². The lowest BCUT2D eigenvalue weighted by atomic mass is 10.2. The monoisotopic (exact) mass is 251 g/mol. The van der Waals surface area contributed by atoms with Gasteiger partial charge in [-0.25, -0.2) is 4.79 Å². The molecular formula is C14H21NO3. The van der Waals surface area contributed by atoms with Gasteiger partial charge >= 0.3 is 5.97 Å². The maximum atomic E-state index is 11.7. The number of rotatable bonds is 6. The number of benzene rings is 1. The number of aryl methyl sites for hydroxylation is 1.